The molecule has 0 amide bonds. The number of rotatable bonds is 9. The number of aromatic amines is 1. The summed E-state index contributed by atoms with van der Waals surface area (Å²) in [4.78, 5) is 50.6. The molecule has 0 spiro atoms. The molecule has 0 saturated heterocycles. The van der Waals surface area contributed by atoms with E-state index in [4.69, 9.17) is 19.9 Å². The van der Waals surface area contributed by atoms with Crippen LogP contribution in [-0.2, 0) is 11.3 Å². The zero-order chi connectivity index (χ0) is 21.6. The van der Waals surface area contributed by atoms with E-state index in [1.165, 1.54) is 25.3 Å². The zero-order valence-corrected chi connectivity index (χ0v) is 16.4. The van der Waals surface area contributed by atoms with Gasteiger partial charge >= 0.3 is 11.7 Å². The number of nitrogens with zero attached hydrogens (tertiary/aromatic N) is 1. The third kappa shape index (κ3) is 4.84. The molecule has 1 aromatic carbocycles. The number of carbonyl (C=O) groups excluding carboxylic acids is 2. The highest BCUT2D eigenvalue weighted by Gasteiger charge is 2.21. The van der Waals surface area contributed by atoms with Crippen molar-refractivity contribution in [2.75, 3.05) is 26.1 Å². The van der Waals surface area contributed by atoms with E-state index < -0.39 is 35.2 Å². The number of nitrogens with two attached hydrogens (primary N) is 1. The number of ketones is 1. The number of Topliss-reactive ketones (excluding diaryl/α,β-unsaturated/α-hetero) is 1. The number of ether oxygens (including phenoxy) is 3. The van der Waals surface area contributed by atoms with Gasteiger partial charge < -0.3 is 19.9 Å². The summed E-state index contributed by atoms with van der Waals surface area (Å²) in [5, 5.41) is 0. The Morgan fingerprint density at radius 2 is 1.90 bits per heavy atom. The summed E-state index contributed by atoms with van der Waals surface area (Å²) in [6.45, 7) is 3.47. The van der Waals surface area contributed by atoms with Gasteiger partial charge in [-0.15, -0.1) is 0 Å². The Morgan fingerprint density at radius 1 is 1.17 bits per heavy atom. The minimum absolute atomic E-state index is 0.139. The fourth-order valence-corrected chi connectivity index (χ4v) is 2.66. The molecular formula is C19H23N3O7. The number of benzene rings is 1. The minimum atomic E-state index is -0.927. The molecule has 0 unspecified atom stereocenters. The van der Waals surface area contributed by atoms with Gasteiger partial charge in [0.05, 0.1) is 19.3 Å². The number of carbonyl (C=O) groups is 2. The average Bonchev–Trinajstić information content (AvgIpc) is 2.69. The summed E-state index contributed by atoms with van der Waals surface area (Å²) < 4.78 is 16.6. The summed E-state index contributed by atoms with van der Waals surface area (Å²) in [6, 6.07) is 4.42. The third-order valence-corrected chi connectivity index (χ3v) is 4.00. The van der Waals surface area contributed by atoms with E-state index in [1.54, 1.807) is 6.92 Å². The number of esters is 1. The van der Waals surface area contributed by atoms with Crippen LogP contribution in [0, 0.1) is 0 Å². The summed E-state index contributed by atoms with van der Waals surface area (Å²) in [5.74, 6) is -1.08. The van der Waals surface area contributed by atoms with Crippen molar-refractivity contribution in [2.45, 2.75) is 26.8 Å². The van der Waals surface area contributed by atoms with Crippen LogP contribution in [0.3, 0.4) is 0 Å². The molecule has 10 nitrogen and oxygen atoms in total. The lowest BCUT2D eigenvalue weighted by atomic mass is 10.2. The van der Waals surface area contributed by atoms with Crippen molar-refractivity contribution in [1.82, 2.24) is 9.55 Å². The van der Waals surface area contributed by atoms with Crippen molar-refractivity contribution in [3.05, 3.63) is 50.2 Å². The van der Waals surface area contributed by atoms with Gasteiger partial charge in [-0.2, -0.15) is 0 Å². The van der Waals surface area contributed by atoms with Gasteiger partial charge in [0.25, 0.3) is 5.56 Å². The first-order valence-electron chi connectivity index (χ1n) is 8.97. The quantitative estimate of drug-likeness (QED) is 0.464. The molecule has 0 atom stereocenters. The van der Waals surface area contributed by atoms with Gasteiger partial charge in [-0.25, -0.2) is 9.59 Å². The summed E-state index contributed by atoms with van der Waals surface area (Å²) >= 11 is 0. The largest absolute Gasteiger partial charge is 0.493 e. The molecule has 0 saturated carbocycles. The van der Waals surface area contributed by atoms with Crippen molar-refractivity contribution in [3.63, 3.8) is 0 Å². The SMILES string of the molecule is CCCn1c(N)c(C(=O)COC(=O)c2ccc(OC)c(OCC)c2)c(=O)[nH]c1=O. The van der Waals surface area contributed by atoms with Crippen LogP contribution in [0.4, 0.5) is 5.82 Å². The van der Waals surface area contributed by atoms with Crippen LogP contribution < -0.4 is 26.5 Å². The molecule has 10 heteroatoms. The average molecular weight is 405 g/mol. The number of hydrogen-bond donors (Lipinski definition) is 2. The van der Waals surface area contributed by atoms with E-state index >= 15 is 0 Å². The molecule has 0 aliphatic carbocycles. The molecule has 29 heavy (non-hydrogen) atoms. The van der Waals surface area contributed by atoms with Gasteiger partial charge in [-0.3, -0.25) is 19.1 Å². The third-order valence-electron chi connectivity index (χ3n) is 4.00. The van der Waals surface area contributed by atoms with Gasteiger partial charge in [0, 0.05) is 6.54 Å². The summed E-state index contributed by atoms with van der Waals surface area (Å²) in [5.41, 5.74) is 3.91. The molecule has 0 bridgehead atoms. The fourth-order valence-electron chi connectivity index (χ4n) is 2.66. The van der Waals surface area contributed by atoms with Crippen molar-refractivity contribution >= 4 is 17.6 Å². The van der Waals surface area contributed by atoms with Crippen molar-refractivity contribution in [1.29, 1.82) is 0 Å². The van der Waals surface area contributed by atoms with Crippen LogP contribution in [-0.4, -0.2) is 41.6 Å². The molecule has 1 heterocycles. The van der Waals surface area contributed by atoms with Gasteiger partial charge in [0.1, 0.15) is 11.4 Å². The lowest BCUT2D eigenvalue weighted by molar-refractivity contribution is 0.0474. The monoisotopic (exact) mass is 405 g/mol. The van der Waals surface area contributed by atoms with Gasteiger partial charge in [0.15, 0.2) is 18.1 Å². The predicted molar refractivity (Wildman–Crippen MR) is 105 cm³/mol. The molecular weight excluding hydrogens is 382 g/mol. The van der Waals surface area contributed by atoms with Gasteiger partial charge in [-0.05, 0) is 31.5 Å². The maximum atomic E-state index is 12.4. The number of aromatic nitrogens is 2. The lowest BCUT2D eigenvalue weighted by Crippen LogP contribution is -2.37. The highest BCUT2D eigenvalue weighted by Crippen LogP contribution is 2.28. The first kappa shape index (κ1) is 21.7. The molecule has 0 radical (unpaired) electrons. The lowest BCUT2D eigenvalue weighted by Gasteiger charge is -2.12. The second-order valence-corrected chi connectivity index (χ2v) is 5.97. The molecule has 0 aliphatic heterocycles. The Morgan fingerprint density at radius 3 is 2.52 bits per heavy atom. The molecule has 2 rings (SSSR count). The van der Waals surface area contributed by atoms with Crippen LogP contribution >= 0.6 is 0 Å². The summed E-state index contributed by atoms with van der Waals surface area (Å²) in [6.07, 6.45) is 0.568. The van der Waals surface area contributed by atoms with Gasteiger partial charge in [0.2, 0.25) is 5.78 Å². The number of anilines is 1. The highest BCUT2D eigenvalue weighted by atomic mass is 16.5. The van der Waals surface area contributed by atoms with Crippen LogP contribution in [0.2, 0.25) is 0 Å². The second-order valence-electron chi connectivity index (χ2n) is 5.97. The van der Waals surface area contributed by atoms with Crippen LogP contribution in [0.15, 0.2) is 27.8 Å². The standard InChI is InChI=1S/C19H23N3O7/c1-4-8-22-16(20)15(17(24)21-19(22)26)12(23)10-29-18(25)11-6-7-13(27-3)14(9-11)28-5-2/h6-7,9H,4-5,8,10,20H2,1-3H3,(H,21,24,26). The Labute approximate surface area is 166 Å². The number of methoxy groups -OCH3 is 1. The maximum Gasteiger partial charge on any atom is 0.338 e. The Balaban J connectivity index is 2.20. The number of hydrogen-bond acceptors (Lipinski definition) is 8. The predicted octanol–water partition coefficient (Wildman–Crippen LogP) is 0.976. The minimum Gasteiger partial charge on any atom is -0.493 e. The van der Waals surface area contributed by atoms with Crippen molar-refractivity contribution < 1.29 is 23.8 Å². The fraction of sp³-hybridized carbons (Fsp3) is 0.368. The first-order chi connectivity index (χ1) is 13.8. The second kappa shape index (κ2) is 9.58. The van der Waals surface area contributed by atoms with E-state index in [2.05, 4.69) is 0 Å². The highest BCUT2D eigenvalue weighted by molar-refractivity contribution is 6.02. The van der Waals surface area contributed by atoms with Crippen LogP contribution in [0.25, 0.3) is 0 Å². The summed E-state index contributed by atoms with van der Waals surface area (Å²) in [7, 11) is 1.47. The van der Waals surface area contributed by atoms with E-state index in [9.17, 15) is 19.2 Å². The molecule has 3 N–H and O–H groups in total. The van der Waals surface area contributed by atoms with Crippen molar-refractivity contribution in [3.8, 4) is 11.5 Å². The van der Waals surface area contributed by atoms with E-state index in [0.717, 1.165) is 4.57 Å². The molecule has 0 aliphatic rings. The number of nitrogen functional groups attached to an aromatic ring is 1. The molecule has 1 aromatic heterocycles. The van der Waals surface area contributed by atoms with Crippen LogP contribution in [0.5, 0.6) is 11.5 Å². The molecule has 0 fully saturated rings. The smallest absolute Gasteiger partial charge is 0.338 e. The first-order valence-corrected chi connectivity index (χ1v) is 8.97. The number of nitrogens with one attached hydrogen (secondary N) is 1. The molecule has 156 valence electrons. The topological polar surface area (TPSA) is 143 Å². The van der Waals surface area contributed by atoms with E-state index in [1.807, 2.05) is 11.9 Å². The Hall–Kier alpha value is -3.56. The number of H-pyrrole nitrogens is 1. The van der Waals surface area contributed by atoms with Crippen LogP contribution in [0.1, 0.15) is 41.0 Å². The normalized spacial score (nSPS) is 10.4. The van der Waals surface area contributed by atoms with Gasteiger partial charge in [-0.1, -0.05) is 6.92 Å². The Kier molecular flexibility index (Phi) is 7.18. The van der Waals surface area contributed by atoms with E-state index in [0.29, 0.717) is 24.5 Å². The zero-order valence-electron chi connectivity index (χ0n) is 16.4. The maximum absolute atomic E-state index is 12.4. The van der Waals surface area contributed by atoms with Crippen molar-refractivity contribution in [2.24, 2.45) is 0 Å². The van der Waals surface area contributed by atoms with E-state index in [-0.39, 0.29) is 17.9 Å². The molecule has 2 aromatic rings. The Bertz CT molecular complexity index is 1020.